The van der Waals surface area contributed by atoms with Crippen molar-refractivity contribution >= 4 is 33.5 Å². The zero-order valence-corrected chi connectivity index (χ0v) is 8.34. The minimum atomic E-state index is 1.22. The summed E-state index contributed by atoms with van der Waals surface area (Å²) in [6, 6.07) is 6.42. The molecule has 0 fully saturated rings. The number of hydrogen-bond donors (Lipinski definition) is 1. The molecule has 0 radical (unpaired) electrons. The quantitative estimate of drug-likeness (QED) is 0.698. The van der Waals surface area contributed by atoms with Crippen molar-refractivity contribution in [2.24, 2.45) is 0 Å². The Morgan fingerprint density at radius 3 is 3.00 bits per heavy atom. The van der Waals surface area contributed by atoms with Gasteiger partial charge in [0.25, 0.3) is 0 Å². The average Bonchev–Trinajstić information content (AvgIpc) is 2.33. The first-order valence-electron chi connectivity index (χ1n) is 3.50. The molecule has 0 bridgehead atoms. The zero-order valence-electron chi connectivity index (χ0n) is 6.19. The number of hydrogen-bond acceptors (Lipinski definition) is 0. The van der Waals surface area contributed by atoms with E-state index in [1.165, 1.54) is 20.0 Å². The summed E-state index contributed by atoms with van der Waals surface area (Å²) in [5, 5.41) is 1.33. The fourth-order valence-electron chi connectivity index (χ4n) is 1.23. The highest BCUT2D eigenvalue weighted by Gasteiger charge is 1.97. The van der Waals surface area contributed by atoms with Crippen molar-refractivity contribution < 1.29 is 0 Å². The summed E-state index contributed by atoms with van der Waals surface area (Å²) in [4.78, 5) is 3.21. The van der Waals surface area contributed by atoms with Crippen molar-refractivity contribution in [3.05, 3.63) is 33.5 Å². The molecule has 0 saturated heterocycles. The van der Waals surface area contributed by atoms with Gasteiger partial charge in [0.15, 0.2) is 0 Å². The van der Waals surface area contributed by atoms with Gasteiger partial charge in [0.1, 0.15) is 0 Å². The number of fused-ring (bicyclic) bond motifs is 1. The molecule has 1 nitrogen and oxygen atoms in total. The SMILES string of the molecule is Cc1c[nH]c2ccc(I)cc12. The van der Waals surface area contributed by atoms with E-state index in [0.29, 0.717) is 0 Å². The third-order valence-corrected chi connectivity index (χ3v) is 2.52. The standard InChI is InChI=1S/C9H8IN/c1-6-5-11-9-3-2-7(10)4-8(6)9/h2-5,11H,1H3. The number of nitrogens with one attached hydrogen (secondary N) is 1. The van der Waals surface area contributed by atoms with Gasteiger partial charge in [-0.05, 0) is 53.3 Å². The van der Waals surface area contributed by atoms with Crippen LogP contribution < -0.4 is 0 Å². The molecule has 1 aromatic heterocycles. The number of aromatic nitrogens is 1. The summed E-state index contributed by atoms with van der Waals surface area (Å²) in [6.45, 7) is 2.12. The second-order valence-corrected chi connectivity index (χ2v) is 3.91. The van der Waals surface area contributed by atoms with Gasteiger partial charge in [0.2, 0.25) is 0 Å². The molecule has 56 valence electrons. The zero-order chi connectivity index (χ0) is 7.84. The number of H-pyrrole nitrogens is 1. The van der Waals surface area contributed by atoms with Gasteiger partial charge in [0, 0.05) is 20.7 Å². The molecule has 0 unspecified atom stereocenters. The third kappa shape index (κ3) is 1.15. The van der Waals surface area contributed by atoms with E-state index in [4.69, 9.17) is 0 Å². The molecule has 0 spiro atoms. The highest BCUT2D eigenvalue weighted by molar-refractivity contribution is 14.1. The summed E-state index contributed by atoms with van der Waals surface area (Å²) < 4.78 is 1.29. The van der Waals surface area contributed by atoms with Crippen LogP contribution in [0.25, 0.3) is 10.9 Å². The Balaban J connectivity index is 2.87. The Morgan fingerprint density at radius 2 is 2.18 bits per heavy atom. The molecule has 0 amide bonds. The Labute approximate surface area is 78.9 Å². The smallest absolute Gasteiger partial charge is 0.0457 e. The molecule has 2 rings (SSSR count). The van der Waals surface area contributed by atoms with Gasteiger partial charge in [-0.1, -0.05) is 0 Å². The predicted molar refractivity (Wildman–Crippen MR) is 55.8 cm³/mol. The largest absolute Gasteiger partial charge is 0.361 e. The molecule has 0 aliphatic heterocycles. The van der Waals surface area contributed by atoms with E-state index in [2.05, 4.69) is 52.7 Å². The summed E-state index contributed by atoms with van der Waals surface area (Å²) in [5.41, 5.74) is 2.54. The molecule has 0 atom stereocenters. The second-order valence-electron chi connectivity index (χ2n) is 2.66. The Morgan fingerprint density at radius 1 is 1.36 bits per heavy atom. The number of aryl methyl sites for hydroxylation is 1. The lowest BCUT2D eigenvalue weighted by Gasteiger charge is -1.91. The van der Waals surface area contributed by atoms with Crippen molar-refractivity contribution in [2.45, 2.75) is 6.92 Å². The van der Waals surface area contributed by atoms with Crippen LogP contribution in [0.4, 0.5) is 0 Å². The van der Waals surface area contributed by atoms with Crippen LogP contribution >= 0.6 is 22.6 Å². The van der Waals surface area contributed by atoms with Crippen molar-refractivity contribution in [1.82, 2.24) is 4.98 Å². The van der Waals surface area contributed by atoms with Crippen molar-refractivity contribution in [1.29, 1.82) is 0 Å². The molecule has 1 aromatic carbocycles. The fourth-order valence-corrected chi connectivity index (χ4v) is 1.72. The lowest BCUT2D eigenvalue weighted by atomic mass is 10.2. The highest BCUT2D eigenvalue weighted by Crippen LogP contribution is 2.19. The second kappa shape index (κ2) is 2.52. The molecule has 0 saturated carbocycles. The Kier molecular flexibility index (Phi) is 1.64. The molecule has 0 aliphatic carbocycles. The monoisotopic (exact) mass is 257 g/mol. The minimum absolute atomic E-state index is 1.22. The van der Waals surface area contributed by atoms with Gasteiger partial charge in [-0.25, -0.2) is 0 Å². The predicted octanol–water partition coefficient (Wildman–Crippen LogP) is 3.08. The van der Waals surface area contributed by atoms with E-state index in [0.717, 1.165) is 0 Å². The van der Waals surface area contributed by atoms with Gasteiger partial charge in [-0.15, -0.1) is 0 Å². The topological polar surface area (TPSA) is 15.8 Å². The third-order valence-electron chi connectivity index (χ3n) is 1.85. The maximum Gasteiger partial charge on any atom is 0.0457 e. The first kappa shape index (κ1) is 7.16. The molecular formula is C9H8IN. The summed E-state index contributed by atoms with van der Waals surface area (Å²) >= 11 is 2.33. The lowest BCUT2D eigenvalue weighted by Crippen LogP contribution is -1.71. The average molecular weight is 257 g/mol. The van der Waals surface area contributed by atoms with E-state index in [1.807, 2.05) is 6.20 Å². The van der Waals surface area contributed by atoms with Gasteiger partial charge >= 0.3 is 0 Å². The van der Waals surface area contributed by atoms with Crippen LogP contribution in [-0.2, 0) is 0 Å². The summed E-state index contributed by atoms with van der Waals surface area (Å²) in [6.07, 6.45) is 2.04. The van der Waals surface area contributed by atoms with Crippen molar-refractivity contribution in [2.75, 3.05) is 0 Å². The van der Waals surface area contributed by atoms with E-state index < -0.39 is 0 Å². The van der Waals surface area contributed by atoms with Gasteiger partial charge < -0.3 is 4.98 Å². The molecule has 0 aliphatic rings. The first-order chi connectivity index (χ1) is 5.27. The van der Waals surface area contributed by atoms with Gasteiger partial charge in [-0.3, -0.25) is 0 Å². The molecule has 11 heavy (non-hydrogen) atoms. The minimum Gasteiger partial charge on any atom is -0.361 e. The van der Waals surface area contributed by atoms with Crippen LogP contribution in [0.3, 0.4) is 0 Å². The lowest BCUT2D eigenvalue weighted by molar-refractivity contribution is 1.43. The molecule has 2 aromatic rings. The maximum absolute atomic E-state index is 3.21. The molecule has 2 heteroatoms. The van der Waals surface area contributed by atoms with E-state index in [-0.39, 0.29) is 0 Å². The number of rotatable bonds is 0. The van der Waals surface area contributed by atoms with Crippen LogP contribution in [0, 0.1) is 10.5 Å². The summed E-state index contributed by atoms with van der Waals surface area (Å²) in [5.74, 6) is 0. The Bertz CT molecular complexity index is 389. The maximum atomic E-state index is 3.21. The van der Waals surface area contributed by atoms with E-state index in [9.17, 15) is 0 Å². The molecular weight excluding hydrogens is 249 g/mol. The molecule has 1 heterocycles. The van der Waals surface area contributed by atoms with Gasteiger partial charge in [0.05, 0.1) is 0 Å². The van der Waals surface area contributed by atoms with Crippen LogP contribution in [0.2, 0.25) is 0 Å². The van der Waals surface area contributed by atoms with Crippen LogP contribution in [0.5, 0.6) is 0 Å². The molecule has 1 N–H and O–H groups in total. The fraction of sp³-hybridized carbons (Fsp3) is 0.111. The van der Waals surface area contributed by atoms with E-state index in [1.54, 1.807) is 0 Å². The number of aromatic amines is 1. The van der Waals surface area contributed by atoms with Crippen LogP contribution in [0.1, 0.15) is 5.56 Å². The normalized spacial score (nSPS) is 10.7. The summed E-state index contributed by atoms with van der Waals surface area (Å²) in [7, 11) is 0. The van der Waals surface area contributed by atoms with E-state index >= 15 is 0 Å². The first-order valence-corrected chi connectivity index (χ1v) is 4.58. The number of benzene rings is 1. The highest BCUT2D eigenvalue weighted by atomic mass is 127. The van der Waals surface area contributed by atoms with Gasteiger partial charge in [-0.2, -0.15) is 0 Å². The van der Waals surface area contributed by atoms with Crippen molar-refractivity contribution in [3.8, 4) is 0 Å². The van der Waals surface area contributed by atoms with Crippen molar-refractivity contribution in [3.63, 3.8) is 0 Å². The van der Waals surface area contributed by atoms with Crippen LogP contribution in [-0.4, -0.2) is 4.98 Å². The number of halogens is 1. The van der Waals surface area contributed by atoms with Crippen LogP contribution in [0.15, 0.2) is 24.4 Å². The Hall–Kier alpha value is -0.510.